The predicted octanol–water partition coefficient (Wildman–Crippen LogP) is 4.51. The van der Waals surface area contributed by atoms with Gasteiger partial charge < -0.3 is 4.98 Å². The van der Waals surface area contributed by atoms with E-state index in [4.69, 9.17) is 23.2 Å². The number of hydrogen-bond donors (Lipinski definition) is 1. The number of benzene rings is 1. The van der Waals surface area contributed by atoms with Crippen molar-refractivity contribution in [2.75, 3.05) is 0 Å². The maximum atomic E-state index is 5.91. The van der Waals surface area contributed by atoms with Crippen LogP contribution < -0.4 is 0 Å². The van der Waals surface area contributed by atoms with E-state index < -0.39 is 0 Å². The van der Waals surface area contributed by atoms with Gasteiger partial charge in [0.2, 0.25) is 0 Å². The van der Waals surface area contributed by atoms with Crippen molar-refractivity contribution in [3.05, 3.63) is 40.0 Å². The van der Waals surface area contributed by atoms with Crippen LogP contribution in [0.4, 0.5) is 0 Å². The van der Waals surface area contributed by atoms with Crippen molar-refractivity contribution in [2.45, 2.75) is 6.92 Å². The highest BCUT2D eigenvalue weighted by atomic mass is 35.5. The maximum absolute atomic E-state index is 5.91. The van der Waals surface area contributed by atoms with Gasteiger partial charge in [-0.1, -0.05) is 29.3 Å². The van der Waals surface area contributed by atoms with E-state index in [2.05, 4.69) is 4.98 Å². The van der Waals surface area contributed by atoms with Crippen LogP contribution in [0.15, 0.2) is 24.3 Å². The highest BCUT2D eigenvalue weighted by Crippen LogP contribution is 2.28. The number of hydrogen-bond acceptors (Lipinski definition) is 0. The molecule has 1 N–H and O–H groups in total. The Morgan fingerprint density at radius 2 is 1.86 bits per heavy atom. The molecule has 0 radical (unpaired) electrons. The number of halogens is 2. The van der Waals surface area contributed by atoms with E-state index in [0.29, 0.717) is 10.0 Å². The molecule has 0 aliphatic heterocycles. The fourth-order valence-electron chi connectivity index (χ4n) is 1.42. The molecule has 0 atom stereocenters. The van der Waals surface area contributed by atoms with Gasteiger partial charge in [-0.2, -0.15) is 0 Å². The Balaban J connectivity index is 2.65. The molecule has 1 aromatic heterocycles. The minimum absolute atomic E-state index is 0.577. The van der Waals surface area contributed by atoms with Crippen molar-refractivity contribution in [3.8, 4) is 0 Å². The zero-order valence-electron chi connectivity index (χ0n) is 7.64. The first-order valence-electron chi connectivity index (χ1n) is 4.31. The van der Waals surface area contributed by atoms with Crippen molar-refractivity contribution in [1.82, 2.24) is 4.98 Å². The highest BCUT2D eigenvalue weighted by molar-refractivity contribution is 6.42. The molecule has 14 heavy (non-hydrogen) atoms. The number of aromatic amines is 1. The fraction of sp³-hybridized carbons (Fsp3) is 0.0909. The molecule has 2 aromatic rings. The third-order valence-electron chi connectivity index (χ3n) is 2.03. The summed E-state index contributed by atoms with van der Waals surface area (Å²) in [7, 11) is 0. The van der Waals surface area contributed by atoms with E-state index in [9.17, 15) is 0 Å². The van der Waals surface area contributed by atoms with Crippen molar-refractivity contribution in [2.24, 2.45) is 0 Å². The van der Waals surface area contributed by atoms with Crippen LogP contribution in [-0.2, 0) is 0 Å². The van der Waals surface area contributed by atoms with Gasteiger partial charge in [0, 0.05) is 16.6 Å². The summed E-state index contributed by atoms with van der Waals surface area (Å²) in [5.41, 5.74) is 2.06. The second-order valence-corrected chi connectivity index (χ2v) is 3.89. The standard InChI is InChI=1S/C11H9Cl2N/c1-2-3-8-4-7-5-9(12)10(13)6-11(7)14-8/h2-6,14H,1H3/b3-2+. The van der Waals surface area contributed by atoms with E-state index in [1.807, 2.05) is 37.3 Å². The van der Waals surface area contributed by atoms with Gasteiger partial charge in [-0.05, 0) is 31.2 Å². The number of allylic oxidation sites excluding steroid dienone is 1. The zero-order chi connectivity index (χ0) is 10.1. The lowest BCUT2D eigenvalue weighted by atomic mass is 10.2. The molecule has 72 valence electrons. The molecule has 3 heteroatoms. The average molecular weight is 226 g/mol. The first-order valence-corrected chi connectivity index (χ1v) is 5.07. The molecule has 0 aliphatic rings. The number of fused-ring (bicyclic) bond motifs is 1. The largest absolute Gasteiger partial charge is 0.355 e. The summed E-state index contributed by atoms with van der Waals surface area (Å²) >= 11 is 11.8. The lowest BCUT2D eigenvalue weighted by Crippen LogP contribution is -1.71. The smallest absolute Gasteiger partial charge is 0.0613 e. The number of aromatic nitrogens is 1. The molecule has 1 aromatic carbocycles. The van der Waals surface area contributed by atoms with E-state index in [1.54, 1.807) is 0 Å². The molecule has 1 nitrogen and oxygen atoms in total. The minimum Gasteiger partial charge on any atom is -0.355 e. The fourth-order valence-corrected chi connectivity index (χ4v) is 1.75. The summed E-state index contributed by atoms with van der Waals surface area (Å²) in [4.78, 5) is 3.23. The summed E-state index contributed by atoms with van der Waals surface area (Å²) in [6.45, 7) is 1.98. The van der Waals surface area contributed by atoms with Gasteiger partial charge >= 0.3 is 0 Å². The van der Waals surface area contributed by atoms with Gasteiger partial charge in [-0.15, -0.1) is 0 Å². The Bertz CT molecular complexity index is 458. The molecule has 0 unspecified atom stereocenters. The van der Waals surface area contributed by atoms with Crippen molar-refractivity contribution < 1.29 is 0 Å². The molecular formula is C11H9Cl2N. The third-order valence-corrected chi connectivity index (χ3v) is 2.75. The SMILES string of the molecule is C/C=C/c1cc2cc(Cl)c(Cl)cc2[nH]1. The second-order valence-electron chi connectivity index (χ2n) is 3.08. The summed E-state index contributed by atoms with van der Waals surface area (Å²) in [5.74, 6) is 0. The van der Waals surface area contributed by atoms with E-state index in [0.717, 1.165) is 16.6 Å². The van der Waals surface area contributed by atoms with Gasteiger partial charge in [0.05, 0.1) is 10.0 Å². The van der Waals surface area contributed by atoms with Gasteiger partial charge in [0.15, 0.2) is 0 Å². The molecule has 2 rings (SSSR count). The molecule has 1 heterocycles. The number of H-pyrrole nitrogens is 1. The Morgan fingerprint density at radius 3 is 2.57 bits per heavy atom. The normalized spacial score (nSPS) is 11.6. The molecule has 0 fully saturated rings. The first kappa shape index (κ1) is 9.63. The van der Waals surface area contributed by atoms with Crippen molar-refractivity contribution in [1.29, 1.82) is 0 Å². The van der Waals surface area contributed by atoms with Gasteiger partial charge in [-0.3, -0.25) is 0 Å². The van der Waals surface area contributed by atoms with E-state index >= 15 is 0 Å². The highest BCUT2D eigenvalue weighted by Gasteiger charge is 2.03. The van der Waals surface area contributed by atoms with Crippen LogP contribution in [0, 0.1) is 0 Å². The first-order chi connectivity index (χ1) is 6.70. The molecule has 0 saturated heterocycles. The minimum atomic E-state index is 0.577. The third kappa shape index (κ3) is 1.66. The molecule has 0 saturated carbocycles. The second kappa shape index (κ2) is 3.68. The molecule has 0 spiro atoms. The Hall–Kier alpha value is -0.920. The van der Waals surface area contributed by atoms with E-state index in [1.165, 1.54) is 0 Å². The summed E-state index contributed by atoms with van der Waals surface area (Å²) in [5, 5.41) is 2.24. The summed E-state index contributed by atoms with van der Waals surface area (Å²) in [6, 6.07) is 5.74. The van der Waals surface area contributed by atoms with Crippen LogP contribution in [0.5, 0.6) is 0 Å². The lowest BCUT2D eigenvalue weighted by molar-refractivity contribution is 1.43. The molecule has 0 amide bonds. The van der Waals surface area contributed by atoms with Gasteiger partial charge in [0.25, 0.3) is 0 Å². The summed E-state index contributed by atoms with van der Waals surface area (Å²) < 4.78 is 0. The van der Waals surface area contributed by atoms with Gasteiger partial charge in [0.1, 0.15) is 0 Å². The number of nitrogens with one attached hydrogen (secondary N) is 1. The van der Waals surface area contributed by atoms with Crippen LogP contribution in [0.2, 0.25) is 10.0 Å². The quantitative estimate of drug-likeness (QED) is 0.736. The van der Waals surface area contributed by atoms with Gasteiger partial charge in [-0.25, -0.2) is 0 Å². The Labute approximate surface area is 92.3 Å². The molecule has 0 bridgehead atoms. The molecular weight excluding hydrogens is 217 g/mol. The van der Waals surface area contributed by atoms with Crippen LogP contribution in [0.25, 0.3) is 17.0 Å². The van der Waals surface area contributed by atoms with Crippen molar-refractivity contribution >= 4 is 40.2 Å². The average Bonchev–Trinajstić information content (AvgIpc) is 2.48. The summed E-state index contributed by atoms with van der Waals surface area (Å²) in [6.07, 6.45) is 3.98. The van der Waals surface area contributed by atoms with Crippen molar-refractivity contribution in [3.63, 3.8) is 0 Å². The number of rotatable bonds is 1. The van der Waals surface area contributed by atoms with Crippen LogP contribution in [0.3, 0.4) is 0 Å². The van der Waals surface area contributed by atoms with Crippen LogP contribution in [0.1, 0.15) is 12.6 Å². The lowest BCUT2D eigenvalue weighted by Gasteiger charge is -1.94. The monoisotopic (exact) mass is 225 g/mol. The maximum Gasteiger partial charge on any atom is 0.0613 e. The predicted molar refractivity (Wildman–Crippen MR) is 63.0 cm³/mol. The van der Waals surface area contributed by atoms with Crippen LogP contribution in [-0.4, -0.2) is 4.98 Å². The van der Waals surface area contributed by atoms with E-state index in [-0.39, 0.29) is 0 Å². The van der Waals surface area contributed by atoms with Crippen LogP contribution >= 0.6 is 23.2 Å². The Kier molecular flexibility index (Phi) is 2.53. The Morgan fingerprint density at radius 1 is 1.14 bits per heavy atom. The zero-order valence-corrected chi connectivity index (χ0v) is 9.15. The molecule has 0 aliphatic carbocycles. The topological polar surface area (TPSA) is 15.8 Å².